The number of hydrogen-bond donors (Lipinski definition) is 1. The fourth-order valence-electron chi connectivity index (χ4n) is 2.79. The first kappa shape index (κ1) is 12.8. The lowest BCUT2D eigenvalue weighted by Crippen LogP contribution is -2.48. The molecule has 2 heterocycles. The Morgan fingerprint density at radius 1 is 1.37 bits per heavy atom. The molecule has 1 unspecified atom stereocenters. The number of hydrogen-bond acceptors (Lipinski definition) is 3. The first-order valence-corrected chi connectivity index (χ1v) is 6.98. The monoisotopic (exact) mass is 280 g/mol. The summed E-state index contributed by atoms with van der Waals surface area (Å²) in [6, 6.07) is 7.58. The minimum atomic E-state index is -0.318. The third-order valence-electron chi connectivity index (χ3n) is 3.76. The van der Waals surface area contributed by atoms with Crippen LogP contribution in [-0.4, -0.2) is 36.2 Å². The molecule has 2 fully saturated rings. The Kier molecular flexibility index (Phi) is 3.37. The SMILES string of the molecule is O=C1OC2(CCCNC2)CN1Cc1ccc(Cl)cc1. The smallest absolute Gasteiger partial charge is 0.410 e. The third-order valence-corrected chi connectivity index (χ3v) is 4.01. The van der Waals surface area contributed by atoms with E-state index >= 15 is 0 Å². The van der Waals surface area contributed by atoms with Crippen molar-refractivity contribution in [2.75, 3.05) is 19.6 Å². The fraction of sp³-hybridized carbons (Fsp3) is 0.500. The summed E-state index contributed by atoms with van der Waals surface area (Å²) >= 11 is 5.86. The van der Waals surface area contributed by atoms with Crippen molar-refractivity contribution >= 4 is 17.7 Å². The summed E-state index contributed by atoms with van der Waals surface area (Å²) in [7, 11) is 0. The Morgan fingerprint density at radius 2 is 2.16 bits per heavy atom. The van der Waals surface area contributed by atoms with E-state index in [0.717, 1.165) is 31.5 Å². The summed E-state index contributed by atoms with van der Waals surface area (Å²) in [4.78, 5) is 13.7. The minimum absolute atomic E-state index is 0.210. The lowest BCUT2D eigenvalue weighted by molar-refractivity contribution is 0.0366. The van der Waals surface area contributed by atoms with Crippen molar-refractivity contribution < 1.29 is 9.53 Å². The number of benzene rings is 1. The Labute approximate surface area is 117 Å². The van der Waals surface area contributed by atoms with Gasteiger partial charge in [-0.2, -0.15) is 0 Å². The lowest BCUT2D eigenvalue weighted by atomic mass is 9.94. The molecule has 0 aromatic heterocycles. The summed E-state index contributed by atoms with van der Waals surface area (Å²) in [5, 5.41) is 4.02. The highest BCUT2D eigenvalue weighted by Crippen LogP contribution is 2.30. The van der Waals surface area contributed by atoms with E-state index in [0.29, 0.717) is 18.1 Å². The zero-order chi connectivity index (χ0) is 13.3. The Morgan fingerprint density at radius 3 is 2.84 bits per heavy atom. The van der Waals surface area contributed by atoms with E-state index < -0.39 is 0 Å². The zero-order valence-electron chi connectivity index (χ0n) is 10.7. The van der Waals surface area contributed by atoms with E-state index in [2.05, 4.69) is 5.32 Å². The number of piperidine rings is 1. The van der Waals surface area contributed by atoms with Crippen molar-refractivity contribution in [2.24, 2.45) is 0 Å². The van der Waals surface area contributed by atoms with Crippen molar-refractivity contribution in [3.63, 3.8) is 0 Å². The van der Waals surface area contributed by atoms with Crippen LogP contribution in [-0.2, 0) is 11.3 Å². The van der Waals surface area contributed by atoms with Gasteiger partial charge in [-0.15, -0.1) is 0 Å². The maximum absolute atomic E-state index is 12.0. The van der Waals surface area contributed by atoms with Gasteiger partial charge in [0, 0.05) is 18.1 Å². The standard InChI is InChI=1S/C14H17ClN2O2/c15-12-4-2-11(3-5-12)8-17-10-14(19-13(17)18)6-1-7-16-9-14/h2-5,16H,1,6-10H2. The number of rotatable bonds is 2. The van der Waals surface area contributed by atoms with Crippen molar-refractivity contribution in [3.8, 4) is 0 Å². The van der Waals surface area contributed by atoms with Crippen LogP contribution in [0.5, 0.6) is 0 Å². The zero-order valence-corrected chi connectivity index (χ0v) is 11.4. The molecule has 102 valence electrons. The first-order valence-electron chi connectivity index (χ1n) is 6.60. The molecule has 0 bridgehead atoms. The molecule has 2 aliphatic heterocycles. The second kappa shape index (κ2) is 5.02. The average molecular weight is 281 g/mol. The predicted molar refractivity (Wildman–Crippen MR) is 73.2 cm³/mol. The van der Waals surface area contributed by atoms with E-state index in [1.807, 2.05) is 24.3 Å². The summed E-state index contributed by atoms with van der Waals surface area (Å²) in [5.41, 5.74) is 0.754. The van der Waals surface area contributed by atoms with E-state index in [1.165, 1.54) is 0 Å². The van der Waals surface area contributed by atoms with Crippen LogP contribution in [0.1, 0.15) is 18.4 Å². The number of carbonyl (C=O) groups is 1. The van der Waals surface area contributed by atoms with Gasteiger partial charge >= 0.3 is 6.09 Å². The van der Waals surface area contributed by atoms with Crippen LogP contribution < -0.4 is 5.32 Å². The normalized spacial score (nSPS) is 26.8. The molecule has 0 aliphatic carbocycles. The summed E-state index contributed by atoms with van der Waals surface area (Å²) in [6.07, 6.45) is 1.80. The largest absolute Gasteiger partial charge is 0.440 e. The molecule has 19 heavy (non-hydrogen) atoms. The van der Waals surface area contributed by atoms with Gasteiger partial charge in [-0.25, -0.2) is 4.79 Å². The molecule has 1 aromatic rings. The molecular formula is C14H17ClN2O2. The molecule has 4 nitrogen and oxygen atoms in total. The number of carbonyl (C=O) groups excluding carboxylic acids is 1. The maximum Gasteiger partial charge on any atom is 0.410 e. The Bertz CT molecular complexity index is 469. The summed E-state index contributed by atoms with van der Waals surface area (Å²) in [6.45, 7) is 3.02. The van der Waals surface area contributed by atoms with Crippen molar-refractivity contribution in [3.05, 3.63) is 34.9 Å². The van der Waals surface area contributed by atoms with Gasteiger partial charge in [-0.3, -0.25) is 4.90 Å². The number of amides is 1. The number of nitrogens with one attached hydrogen (secondary N) is 1. The van der Waals surface area contributed by atoms with Crippen LogP contribution in [0.25, 0.3) is 0 Å². The molecular weight excluding hydrogens is 264 g/mol. The molecule has 0 saturated carbocycles. The molecule has 1 spiro atoms. The Hall–Kier alpha value is -1.26. The molecule has 1 N–H and O–H groups in total. The van der Waals surface area contributed by atoms with E-state index in [4.69, 9.17) is 16.3 Å². The van der Waals surface area contributed by atoms with Gasteiger partial charge in [0.05, 0.1) is 6.54 Å². The molecule has 0 radical (unpaired) electrons. The van der Waals surface area contributed by atoms with Crippen LogP contribution >= 0.6 is 11.6 Å². The van der Waals surface area contributed by atoms with E-state index in [9.17, 15) is 4.79 Å². The van der Waals surface area contributed by atoms with E-state index in [1.54, 1.807) is 4.90 Å². The number of halogens is 1. The lowest BCUT2D eigenvalue weighted by Gasteiger charge is -2.31. The maximum atomic E-state index is 12.0. The molecule has 3 rings (SSSR count). The highest BCUT2D eigenvalue weighted by atomic mass is 35.5. The highest BCUT2D eigenvalue weighted by Gasteiger charge is 2.45. The predicted octanol–water partition coefficient (Wildman–Crippen LogP) is 2.41. The molecule has 1 aromatic carbocycles. The second-order valence-corrected chi connectivity index (χ2v) is 5.75. The topological polar surface area (TPSA) is 41.6 Å². The second-order valence-electron chi connectivity index (χ2n) is 5.31. The average Bonchev–Trinajstić information content (AvgIpc) is 2.69. The third kappa shape index (κ3) is 2.69. The van der Waals surface area contributed by atoms with Crippen molar-refractivity contribution in [1.82, 2.24) is 10.2 Å². The van der Waals surface area contributed by atoms with Crippen LogP contribution in [0.2, 0.25) is 5.02 Å². The van der Waals surface area contributed by atoms with Gasteiger partial charge in [0.2, 0.25) is 0 Å². The minimum Gasteiger partial charge on any atom is -0.440 e. The molecule has 1 atom stereocenters. The molecule has 2 aliphatic rings. The van der Waals surface area contributed by atoms with Gasteiger partial charge in [0.1, 0.15) is 5.60 Å². The van der Waals surface area contributed by atoms with Gasteiger partial charge in [-0.1, -0.05) is 23.7 Å². The van der Waals surface area contributed by atoms with Crippen molar-refractivity contribution in [2.45, 2.75) is 25.0 Å². The van der Waals surface area contributed by atoms with Crippen molar-refractivity contribution in [1.29, 1.82) is 0 Å². The number of nitrogens with zero attached hydrogens (tertiary/aromatic N) is 1. The fourth-order valence-corrected chi connectivity index (χ4v) is 2.91. The van der Waals surface area contributed by atoms with Gasteiger partial charge in [0.15, 0.2) is 0 Å². The van der Waals surface area contributed by atoms with E-state index in [-0.39, 0.29) is 11.7 Å². The summed E-state index contributed by atoms with van der Waals surface area (Å²) in [5.74, 6) is 0. The van der Waals surface area contributed by atoms with Crippen LogP contribution in [0, 0.1) is 0 Å². The quantitative estimate of drug-likeness (QED) is 0.905. The molecule has 1 amide bonds. The number of ether oxygens (including phenoxy) is 1. The highest BCUT2D eigenvalue weighted by molar-refractivity contribution is 6.30. The summed E-state index contributed by atoms with van der Waals surface area (Å²) < 4.78 is 5.60. The van der Waals surface area contributed by atoms with Gasteiger partial charge < -0.3 is 10.1 Å². The molecule has 2 saturated heterocycles. The Balaban J connectivity index is 1.68. The van der Waals surface area contributed by atoms with Gasteiger partial charge in [0.25, 0.3) is 0 Å². The van der Waals surface area contributed by atoms with Crippen LogP contribution in [0.3, 0.4) is 0 Å². The first-order chi connectivity index (χ1) is 9.17. The molecule has 5 heteroatoms. The van der Waals surface area contributed by atoms with Gasteiger partial charge in [-0.05, 0) is 37.1 Å². The van der Waals surface area contributed by atoms with Crippen LogP contribution in [0.4, 0.5) is 4.79 Å². The van der Waals surface area contributed by atoms with Crippen LogP contribution in [0.15, 0.2) is 24.3 Å².